The van der Waals surface area contributed by atoms with Crippen molar-refractivity contribution in [2.45, 2.75) is 0 Å². The van der Waals surface area contributed by atoms with Gasteiger partial charge in [0.1, 0.15) is 0 Å². The van der Waals surface area contributed by atoms with E-state index in [1.165, 1.54) is 0 Å². The van der Waals surface area contributed by atoms with E-state index in [1.807, 2.05) is 57.8 Å². The second-order valence-corrected chi connectivity index (χ2v) is 5.95. The fourth-order valence-electron chi connectivity index (χ4n) is 1.23. The van der Waals surface area contributed by atoms with Crippen LogP contribution >= 0.6 is 0 Å². The smallest absolute Gasteiger partial charge is 1.00 e. The Morgan fingerprint density at radius 2 is 1.33 bits per heavy atom. The van der Waals surface area contributed by atoms with Crippen LogP contribution in [0.3, 0.4) is 0 Å². The van der Waals surface area contributed by atoms with Gasteiger partial charge in [-0.05, 0) is 68.7 Å². The summed E-state index contributed by atoms with van der Waals surface area (Å²) in [6.45, 7) is 0. The molecule has 1 nitrogen and oxygen atoms in total. The molecule has 0 atom stereocenters. The van der Waals surface area contributed by atoms with Gasteiger partial charge in [0, 0.05) is 0 Å². The maximum atomic E-state index is 11.3. The molecule has 2 aliphatic rings. The van der Waals surface area contributed by atoms with Crippen LogP contribution in [0.1, 0.15) is 0 Å². The summed E-state index contributed by atoms with van der Waals surface area (Å²) >= 11 is 0. The van der Waals surface area contributed by atoms with Crippen molar-refractivity contribution < 1.29 is 45.8 Å². The molecule has 2 rings (SSSR count). The Morgan fingerprint density at radius 3 is 1.67 bits per heavy atom. The summed E-state index contributed by atoms with van der Waals surface area (Å²) in [7, 11) is 0.220. The molecule has 98 valence electrons. The molecule has 18 heavy (non-hydrogen) atoms. The number of rotatable bonds is 3. The van der Waals surface area contributed by atoms with Gasteiger partial charge in [-0.25, -0.2) is 0 Å². The van der Waals surface area contributed by atoms with Crippen molar-refractivity contribution in [2.75, 3.05) is 18.3 Å². The van der Waals surface area contributed by atoms with E-state index in [1.54, 1.807) is 0 Å². The zero-order chi connectivity index (χ0) is 11.8. The molecule has 0 spiro atoms. The van der Waals surface area contributed by atoms with Crippen molar-refractivity contribution in [3.63, 3.8) is 0 Å². The fraction of sp³-hybridized carbons (Fsp3) is 0.214. The summed E-state index contributed by atoms with van der Waals surface area (Å²) in [5.74, 6) is 1.80. The first-order valence-corrected chi connectivity index (χ1v) is 7.37. The Bertz CT molecular complexity index is 194. The summed E-state index contributed by atoms with van der Waals surface area (Å²) in [6, 6.07) is 0. The van der Waals surface area contributed by atoms with Gasteiger partial charge in [0.2, 0.25) is 0 Å². The van der Waals surface area contributed by atoms with E-state index in [-0.39, 0.29) is 57.7 Å². The van der Waals surface area contributed by atoms with Crippen LogP contribution in [-0.2, 0) is 32.8 Å². The first-order chi connectivity index (χ1) is 7.70. The number of carbonyl (C=O) groups excluding carboxylic acids is 1. The molecule has 2 saturated carbocycles. The molecule has 2 fully saturated rings. The molecule has 4 heteroatoms. The fourth-order valence-corrected chi connectivity index (χ4v) is 1.92. The van der Waals surface area contributed by atoms with Crippen molar-refractivity contribution in [3.05, 3.63) is 63.7 Å². The molecule has 2 aliphatic carbocycles. The monoisotopic (exact) mass is 416 g/mol. The molecular weight excluding hydrogens is 399 g/mol. The Morgan fingerprint density at radius 1 is 0.944 bits per heavy atom. The van der Waals surface area contributed by atoms with E-state index >= 15 is 0 Å². The third-order valence-electron chi connectivity index (χ3n) is 1.96. The van der Waals surface area contributed by atoms with Gasteiger partial charge in [0.05, 0.1) is 18.4 Å². The number of halogens is 1. The van der Waals surface area contributed by atoms with Gasteiger partial charge < -0.3 is 24.0 Å². The van der Waals surface area contributed by atoms with E-state index in [4.69, 9.17) is 0 Å². The average Bonchev–Trinajstić information content (AvgIpc) is 2.94. The summed E-state index contributed by atoms with van der Waals surface area (Å²) in [5, 5.41) is 0. The summed E-state index contributed by atoms with van der Waals surface area (Å²) < 4.78 is 0. The van der Waals surface area contributed by atoms with E-state index in [0.29, 0.717) is 5.75 Å². The predicted molar refractivity (Wildman–Crippen MR) is 71.0 cm³/mol. The normalized spacial score (nSPS) is 18.6. The number of hydrogen-bond donors (Lipinski definition) is 0. The van der Waals surface area contributed by atoms with Crippen molar-refractivity contribution in [3.8, 4) is 0 Å². The van der Waals surface area contributed by atoms with Crippen molar-refractivity contribution in [1.29, 1.82) is 0 Å². The minimum atomic E-state index is 0. The Balaban J connectivity index is 0. The van der Waals surface area contributed by atoms with E-state index in [0.717, 1.165) is 5.92 Å². The van der Waals surface area contributed by atoms with E-state index in [2.05, 4.69) is 12.5 Å². The minimum absolute atomic E-state index is 0. The van der Waals surface area contributed by atoms with Crippen LogP contribution < -0.4 is 24.0 Å². The minimum Gasteiger partial charge on any atom is -1.00 e. The van der Waals surface area contributed by atoms with Gasteiger partial charge in [-0.2, -0.15) is 0 Å². The number of Topliss-reactive ketones (excluding diaryl/α,β-unsaturated/α-hetero) is 1. The molecule has 0 N–H and O–H groups in total. The standard InChI is InChI=1S/C9H12OS.C5H5.Fe.HI/c1-11(2)7-9(10)8-5-3-4-6-8;1-2-4-5-3-1;;/h3-6H,7H2,1-2H3;1-5H;;1H/q+1;;+2;/p-1. The van der Waals surface area contributed by atoms with E-state index in [9.17, 15) is 4.79 Å². The summed E-state index contributed by atoms with van der Waals surface area (Å²) in [6.07, 6.45) is 21.7. The maximum absolute atomic E-state index is 11.3. The summed E-state index contributed by atoms with van der Waals surface area (Å²) in [4.78, 5) is 11.3. The third kappa shape index (κ3) is 10.1. The van der Waals surface area contributed by atoms with Crippen LogP contribution in [-0.4, -0.2) is 24.0 Å². The quantitative estimate of drug-likeness (QED) is 0.323. The number of hydrogen-bond acceptors (Lipinski definition) is 1. The van der Waals surface area contributed by atoms with Crippen LogP contribution in [0.5, 0.6) is 0 Å². The van der Waals surface area contributed by atoms with Gasteiger partial charge in [0.15, 0.2) is 11.5 Å². The SMILES string of the molecule is C[S+](C)CC(=O)[C]1[CH][CH][CH][CH]1.[CH]1[CH][CH][CH][CH]1.[Fe+2].[I-]. The Labute approximate surface area is 143 Å². The predicted octanol–water partition coefficient (Wildman–Crippen LogP) is -1.14. The van der Waals surface area contributed by atoms with Gasteiger partial charge in [-0.1, -0.05) is 0 Å². The molecule has 0 bridgehead atoms. The molecule has 0 amide bonds. The molecule has 0 saturated heterocycles. The van der Waals surface area contributed by atoms with Crippen LogP contribution in [0.2, 0.25) is 0 Å². The van der Waals surface area contributed by atoms with Crippen molar-refractivity contribution in [1.82, 2.24) is 0 Å². The Hall–Kier alpha value is 1.27. The van der Waals surface area contributed by atoms with Crippen LogP contribution in [0, 0.1) is 63.7 Å². The zero-order valence-corrected chi connectivity index (χ0v) is 14.5. The largest absolute Gasteiger partial charge is 2.00 e. The van der Waals surface area contributed by atoms with Gasteiger partial charge >= 0.3 is 17.1 Å². The first kappa shape index (κ1) is 21.6. The number of ketones is 1. The van der Waals surface area contributed by atoms with Crippen molar-refractivity contribution >= 4 is 16.7 Å². The first-order valence-electron chi connectivity index (χ1n) is 5.16. The molecule has 0 heterocycles. The third-order valence-corrected chi connectivity index (χ3v) is 2.80. The second kappa shape index (κ2) is 13.3. The van der Waals surface area contributed by atoms with Crippen LogP contribution in [0.4, 0.5) is 0 Å². The van der Waals surface area contributed by atoms with Gasteiger partial charge in [-0.3, -0.25) is 4.79 Å². The van der Waals surface area contributed by atoms with Gasteiger partial charge in [0.25, 0.3) is 0 Å². The van der Waals surface area contributed by atoms with Gasteiger partial charge in [-0.15, -0.1) is 0 Å². The van der Waals surface area contributed by atoms with Crippen LogP contribution in [0.15, 0.2) is 0 Å². The second-order valence-electron chi connectivity index (χ2n) is 3.69. The molecule has 0 aromatic rings. The van der Waals surface area contributed by atoms with Crippen molar-refractivity contribution in [2.24, 2.45) is 0 Å². The zero-order valence-electron chi connectivity index (χ0n) is 10.5. The topological polar surface area (TPSA) is 17.1 Å². The molecular formula is C14H17FeIOS+2. The summed E-state index contributed by atoms with van der Waals surface area (Å²) in [5.41, 5.74) is 0. The van der Waals surface area contributed by atoms with Crippen LogP contribution in [0.25, 0.3) is 0 Å². The maximum Gasteiger partial charge on any atom is 2.00 e. The number of carbonyl (C=O) groups is 1. The Kier molecular flexibility index (Phi) is 15.9. The van der Waals surface area contributed by atoms with E-state index < -0.39 is 0 Å². The average molecular weight is 416 g/mol. The molecule has 0 unspecified atom stereocenters. The molecule has 0 aromatic carbocycles. The molecule has 0 aliphatic heterocycles. The molecule has 0 aromatic heterocycles. The molecule has 10 radical (unpaired) electrons.